The lowest BCUT2D eigenvalue weighted by molar-refractivity contribution is 0.176. The van der Waals surface area contributed by atoms with Crippen molar-refractivity contribution in [3.8, 4) is 0 Å². The van der Waals surface area contributed by atoms with E-state index in [2.05, 4.69) is 42.2 Å². The third-order valence-corrected chi connectivity index (χ3v) is 5.17. The number of rotatable bonds is 7. The Labute approximate surface area is 148 Å². The maximum absolute atomic E-state index is 5.21. The maximum Gasteiger partial charge on any atom is 0.226 e. The molecule has 2 aromatic rings. The van der Waals surface area contributed by atoms with Crippen LogP contribution in [-0.2, 0) is 26.6 Å². The topological polar surface area (TPSA) is 84.9 Å². The van der Waals surface area contributed by atoms with Gasteiger partial charge in [0.05, 0.1) is 13.1 Å². The zero-order valence-corrected chi connectivity index (χ0v) is 15.1. The summed E-state index contributed by atoms with van der Waals surface area (Å²) >= 11 is 0. The van der Waals surface area contributed by atoms with E-state index in [0.29, 0.717) is 12.0 Å². The predicted octanol–water partition coefficient (Wildman–Crippen LogP) is 1.39. The van der Waals surface area contributed by atoms with Crippen LogP contribution < -0.4 is 5.32 Å². The molecular formula is C17H27N7O. The second-order valence-electron chi connectivity index (χ2n) is 7.22. The van der Waals surface area contributed by atoms with E-state index in [1.807, 2.05) is 6.92 Å². The van der Waals surface area contributed by atoms with Gasteiger partial charge in [0.2, 0.25) is 5.89 Å². The Balaban J connectivity index is 1.29. The van der Waals surface area contributed by atoms with E-state index >= 15 is 0 Å². The molecule has 0 radical (unpaired) electrons. The molecule has 1 saturated carbocycles. The molecule has 8 heteroatoms. The zero-order valence-electron chi connectivity index (χ0n) is 15.1. The minimum atomic E-state index is 0.465. The van der Waals surface area contributed by atoms with Crippen molar-refractivity contribution in [1.82, 2.24) is 35.1 Å². The summed E-state index contributed by atoms with van der Waals surface area (Å²) < 4.78 is 7.37. The summed E-state index contributed by atoms with van der Waals surface area (Å²) in [6.07, 6.45) is 5.68. The maximum atomic E-state index is 5.21. The summed E-state index contributed by atoms with van der Waals surface area (Å²) in [5, 5.41) is 16.4. The lowest BCUT2D eigenvalue weighted by Crippen LogP contribution is -2.45. The van der Waals surface area contributed by atoms with Crippen LogP contribution in [0.4, 0.5) is 0 Å². The molecule has 1 atom stereocenters. The van der Waals surface area contributed by atoms with Gasteiger partial charge in [-0.1, -0.05) is 12.1 Å². The van der Waals surface area contributed by atoms with Crippen LogP contribution >= 0.6 is 0 Å². The van der Waals surface area contributed by atoms with Crippen molar-refractivity contribution in [3.63, 3.8) is 0 Å². The summed E-state index contributed by atoms with van der Waals surface area (Å²) in [4.78, 5) is 6.82. The molecule has 8 nitrogen and oxygen atoms in total. The molecular weight excluding hydrogens is 318 g/mol. The van der Waals surface area contributed by atoms with Crippen molar-refractivity contribution in [1.29, 1.82) is 0 Å². The fourth-order valence-corrected chi connectivity index (χ4v) is 3.53. The third kappa shape index (κ3) is 3.90. The first-order chi connectivity index (χ1) is 12.2. The molecule has 1 unspecified atom stereocenters. The summed E-state index contributed by atoms with van der Waals surface area (Å²) in [6, 6.07) is 0.465. The Morgan fingerprint density at radius 1 is 1.24 bits per heavy atom. The molecule has 2 aliphatic rings. The third-order valence-electron chi connectivity index (χ3n) is 5.17. The van der Waals surface area contributed by atoms with Gasteiger partial charge in [0.1, 0.15) is 11.6 Å². The number of likely N-dealkylation sites (tertiary alicyclic amines) is 1. The summed E-state index contributed by atoms with van der Waals surface area (Å²) in [7, 11) is 2.08. The first kappa shape index (κ1) is 16.7. The van der Waals surface area contributed by atoms with E-state index in [0.717, 1.165) is 56.0 Å². The van der Waals surface area contributed by atoms with Crippen molar-refractivity contribution < 1.29 is 4.52 Å². The van der Waals surface area contributed by atoms with Crippen LogP contribution in [0.2, 0.25) is 0 Å². The van der Waals surface area contributed by atoms with Gasteiger partial charge in [-0.25, -0.2) is 0 Å². The van der Waals surface area contributed by atoms with Crippen molar-refractivity contribution >= 4 is 0 Å². The fraction of sp³-hybridized carbons (Fsp3) is 0.765. The Hall–Kier alpha value is -1.80. The minimum Gasteiger partial charge on any atom is -0.339 e. The first-order valence-corrected chi connectivity index (χ1v) is 9.38. The van der Waals surface area contributed by atoms with E-state index < -0.39 is 0 Å². The van der Waals surface area contributed by atoms with Crippen molar-refractivity contribution in [3.05, 3.63) is 23.4 Å². The second-order valence-corrected chi connectivity index (χ2v) is 7.22. The van der Waals surface area contributed by atoms with E-state index in [-0.39, 0.29) is 0 Å². The monoisotopic (exact) mass is 345 g/mol. The smallest absolute Gasteiger partial charge is 0.226 e. The van der Waals surface area contributed by atoms with Gasteiger partial charge >= 0.3 is 0 Å². The summed E-state index contributed by atoms with van der Waals surface area (Å²) in [5.74, 6) is 4.32. The number of nitrogens with one attached hydrogen (secondary N) is 1. The Kier molecular flexibility index (Phi) is 4.80. The Morgan fingerprint density at radius 2 is 2.12 bits per heavy atom. The van der Waals surface area contributed by atoms with Gasteiger partial charge in [0.25, 0.3) is 0 Å². The largest absolute Gasteiger partial charge is 0.339 e. The van der Waals surface area contributed by atoms with Crippen LogP contribution in [0.3, 0.4) is 0 Å². The van der Waals surface area contributed by atoms with Gasteiger partial charge in [-0.3, -0.25) is 4.90 Å². The van der Waals surface area contributed by atoms with Crippen LogP contribution in [0.1, 0.15) is 61.9 Å². The average molecular weight is 345 g/mol. The molecule has 2 fully saturated rings. The number of nitrogens with zero attached hydrogens (tertiary/aromatic N) is 6. The van der Waals surface area contributed by atoms with Crippen LogP contribution in [0.25, 0.3) is 0 Å². The predicted molar refractivity (Wildman–Crippen MR) is 91.8 cm³/mol. The summed E-state index contributed by atoms with van der Waals surface area (Å²) in [5.41, 5.74) is 0. The van der Waals surface area contributed by atoms with Crippen LogP contribution in [-0.4, -0.2) is 48.9 Å². The van der Waals surface area contributed by atoms with E-state index in [9.17, 15) is 0 Å². The van der Waals surface area contributed by atoms with E-state index in [1.54, 1.807) is 0 Å². The highest BCUT2D eigenvalue weighted by atomic mass is 16.5. The number of piperidine rings is 1. The van der Waals surface area contributed by atoms with Gasteiger partial charge < -0.3 is 14.4 Å². The van der Waals surface area contributed by atoms with E-state index in [1.165, 1.54) is 25.7 Å². The van der Waals surface area contributed by atoms with Gasteiger partial charge in [-0.15, -0.1) is 10.2 Å². The molecule has 25 heavy (non-hydrogen) atoms. The highest BCUT2D eigenvalue weighted by Crippen LogP contribution is 2.38. The van der Waals surface area contributed by atoms with Crippen LogP contribution in [0, 0.1) is 0 Å². The lowest BCUT2D eigenvalue weighted by Gasteiger charge is -2.32. The quantitative estimate of drug-likeness (QED) is 0.811. The highest BCUT2D eigenvalue weighted by Gasteiger charge is 2.29. The summed E-state index contributed by atoms with van der Waals surface area (Å²) in [6.45, 7) is 5.65. The molecule has 1 N–H and O–H groups in total. The molecule has 2 aromatic heterocycles. The second kappa shape index (κ2) is 7.21. The molecule has 136 valence electrons. The molecule has 1 aliphatic carbocycles. The molecule has 1 saturated heterocycles. The zero-order chi connectivity index (χ0) is 17.2. The van der Waals surface area contributed by atoms with Crippen molar-refractivity contribution in [2.45, 2.75) is 64.1 Å². The number of hydrogen-bond donors (Lipinski definition) is 1. The Morgan fingerprint density at radius 3 is 2.88 bits per heavy atom. The van der Waals surface area contributed by atoms with Gasteiger partial charge in [0, 0.05) is 32.0 Å². The van der Waals surface area contributed by atoms with Crippen LogP contribution in [0.15, 0.2) is 4.52 Å². The van der Waals surface area contributed by atoms with E-state index in [4.69, 9.17) is 4.52 Å². The molecule has 0 aromatic carbocycles. The number of hydrogen-bond acceptors (Lipinski definition) is 7. The number of aryl methyl sites for hydroxylation is 1. The SMILES string of the molecule is CCc1nc(CN2CCCC(NCc3nnc(C4CC4)n3C)C2)no1. The van der Waals surface area contributed by atoms with Gasteiger partial charge in [-0.2, -0.15) is 4.98 Å². The van der Waals surface area contributed by atoms with Crippen LogP contribution in [0.5, 0.6) is 0 Å². The number of aromatic nitrogens is 5. The minimum absolute atomic E-state index is 0.465. The lowest BCUT2D eigenvalue weighted by atomic mass is 10.1. The average Bonchev–Trinajstić information content (AvgIpc) is 3.25. The van der Waals surface area contributed by atoms with Crippen molar-refractivity contribution in [2.75, 3.05) is 13.1 Å². The molecule has 0 amide bonds. The molecule has 0 spiro atoms. The Bertz CT molecular complexity index is 706. The van der Waals surface area contributed by atoms with Gasteiger partial charge in [0.15, 0.2) is 5.82 Å². The fourth-order valence-electron chi connectivity index (χ4n) is 3.53. The van der Waals surface area contributed by atoms with Crippen molar-refractivity contribution in [2.24, 2.45) is 7.05 Å². The molecule has 1 aliphatic heterocycles. The molecule has 4 rings (SSSR count). The van der Waals surface area contributed by atoms with Gasteiger partial charge in [-0.05, 0) is 32.2 Å². The molecule has 3 heterocycles. The normalized spacial score (nSPS) is 21.8. The standard InChI is InChI=1S/C17H27N7O/c1-3-16-19-14(22-25-16)11-24-8-4-5-13(10-24)18-9-15-20-21-17(23(15)2)12-6-7-12/h12-13,18H,3-11H2,1-2H3. The molecule has 0 bridgehead atoms. The highest BCUT2D eigenvalue weighted by molar-refractivity contribution is 5.07. The first-order valence-electron chi connectivity index (χ1n) is 9.38.